The second kappa shape index (κ2) is 5.01. The first kappa shape index (κ1) is 9.36. The zero-order chi connectivity index (χ0) is 8.10. The lowest BCUT2D eigenvalue weighted by Crippen LogP contribution is -2.41. The van der Waals surface area contributed by atoms with Gasteiger partial charge in [-0.05, 0) is 18.6 Å². The average Bonchev–Trinajstić information content (AvgIpc) is 2.03. The molecule has 0 aliphatic carbocycles. The Morgan fingerprint density at radius 1 is 1.64 bits per heavy atom. The molecule has 0 radical (unpaired) electrons. The summed E-state index contributed by atoms with van der Waals surface area (Å²) < 4.78 is 5.35. The molecular weight excluding hydrogens is 158 g/mol. The fraction of sp³-hybridized carbons (Fsp3) is 1.00. The van der Waals surface area contributed by atoms with Crippen molar-refractivity contribution in [2.75, 3.05) is 19.0 Å². The molecule has 0 aromatic heterocycles. The van der Waals surface area contributed by atoms with Gasteiger partial charge in [0.15, 0.2) is 0 Å². The molecule has 2 N–H and O–H groups in total. The van der Waals surface area contributed by atoms with Crippen molar-refractivity contribution in [3.8, 4) is 0 Å². The van der Waals surface area contributed by atoms with Crippen LogP contribution >= 0.6 is 11.8 Å². The fourth-order valence-corrected chi connectivity index (χ4v) is 2.28. The molecule has 0 spiro atoms. The molecule has 2 nitrogen and oxygen atoms in total. The summed E-state index contributed by atoms with van der Waals surface area (Å²) in [5.74, 6) is 1.21. The molecule has 1 rings (SSSR count). The predicted octanol–water partition coefficient (Wildman–Crippen LogP) is 1.25. The summed E-state index contributed by atoms with van der Waals surface area (Å²) in [4.78, 5) is 0. The molecule has 1 aliphatic heterocycles. The molecule has 66 valence electrons. The summed E-state index contributed by atoms with van der Waals surface area (Å²) in [5.41, 5.74) is 5.92. The highest BCUT2D eigenvalue weighted by molar-refractivity contribution is 7.99. The van der Waals surface area contributed by atoms with Gasteiger partial charge in [-0.15, -0.1) is 0 Å². The Labute approximate surface area is 72.9 Å². The van der Waals surface area contributed by atoms with E-state index in [2.05, 4.69) is 6.92 Å². The van der Waals surface area contributed by atoms with Crippen LogP contribution in [0.1, 0.15) is 19.8 Å². The van der Waals surface area contributed by atoms with Crippen molar-refractivity contribution in [2.45, 2.75) is 31.1 Å². The summed E-state index contributed by atoms with van der Waals surface area (Å²) in [6, 6.07) is 0.361. The quantitative estimate of drug-likeness (QED) is 0.701. The van der Waals surface area contributed by atoms with Crippen LogP contribution in [0.5, 0.6) is 0 Å². The van der Waals surface area contributed by atoms with Gasteiger partial charge in [-0.1, -0.05) is 6.92 Å². The first-order chi connectivity index (χ1) is 5.34. The molecule has 1 heterocycles. The number of thioether (sulfide) groups is 1. The van der Waals surface area contributed by atoms with Crippen LogP contribution < -0.4 is 5.73 Å². The van der Waals surface area contributed by atoms with Gasteiger partial charge >= 0.3 is 0 Å². The van der Waals surface area contributed by atoms with E-state index in [1.807, 2.05) is 11.8 Å². The first-order valence-electron chi connectivity index (χ1n) is 4.29. The normalized spacial score (nSPS) is 32.2. The van der Waals surface area contributed by atoms with Gasteiger partial charge in [0.05, 0.1) is 6.61 Å². The van der Waals surface area contributed by atoms with Crippen molar-refractivity contribution in [1.82, 2.24) is 0 Å². The topological polar surface area (TPSA) is 35.2 Å². The van der Waals surface area contributed by atoms with Gasteiger partial charge in [0, 0.05) is 17.9 Å². The van der Waals surface area contributed by atoms with Crippen LogP contribution in [0, 0.1) is 0 Å². The van der Waals surface area contributed by atoms with Crippen molar-refractivity contribution in [3.05, 3.63) is 0 Å². The lowest BCUT2D eigenvalue weighted by molar-refractivity contribution is 0.0916. The van der Waals surface area contributed by atoms with E-state index in [4.69, 9.17) is 10.5 Å². The molecule has 0 saturated carbocycles. The summed E-state index contributed by atoms with van der Waals surface area (Å²) in [6.07, 6.45) is 2.26. The summed E-state index contributed by atoms with van der Waals surface area (Å²) in [7, 11) is 0. The molecule has 1 fully saturated rings. The molecule has 0 aromatic carbocycles. The van der Waals surface area contributed by atoms with Crippen molar-refractivity contribution >= 4 is 11.8 Å². The molecular formula is C8H17NOS. The zero-order valence-corrected chi connectivity index (χ0v) is 7.90. The molecule has 0 amide bonds. The van der Waals surface area contributed by atoms with Crippen LogP contribution in [0.4, 0.5) is 0 Å². The largest absolute Gasteiger partial charge is 0.380 e. The Hall–Kier alpha value is 0.270. The van der Waals surface area contributed by atoms with Crippen LogP contribution in [0.3, 0.4) is 0 Å². The Morgan fingerprint density at radius 2 is 2.45 bits per heavy atom. The fourth-order valence-electron chi connectivity index (χ4n) is 1.17. The highest BCUT2D eigenvalue weighted by Crippen LogP contribution is 2.20. The standard InChI is InChI=1S/C8H17NOS/c1-2-5-11-8-6-10-4-3-7(8)9/h7-8H,2-6,9H2,1H3. The molecule has 1 saturated heterocycles. The number of nitrogens with two attached hydrogens (primary N) is 1. The highest BCUT2D eigenvalue weighted by Gasteiger charge is 2.21. The number of ether oxygens (including phenoxy) is 1. The summed E-state index contributed by atoms with van der Waals surface area (Å²) >= 11 is 1.96. The van der Waals surface area contributed by atoms with Gasteiger partial charge in [0.2, 0.25) is 0 Å². The zero-order valence-electron chi connectivity index (χ0n) is 7.08. The van der Waals surface area contributed by atoms with Crippen LogP contribution in [-0.4, -0.2) is 30.3 Å². The minimum atomic E-state index is 0.361. The van der Waals surface area contributed by atoms with E-state index in [0.717, 1.165) is 19.6 Å². The van der Waals surface area contributed by atoms with Crippen molar-refractivity contribution in [2.24, 2.45) is 5.73 Å². The van der Waals surface area contributed by atoms with E-state index < -0.39 is 0 Å². The molecule has 0 aromatic rings. The van der Waals surface area contributed by atoms with E-state index in [0.29, 0.717) is 11.3 Å². The van der Waals surface area contributed by atoms with E-state index in [9.17, 15) is 0 Å². The average molecular weight is 175 g/mol. The monoisotopic (exact) mass is 175 g/mol. The molecule has 11 heavy (non-hydrogen) atoms. The second-order valence-corrected chi connectivity index (χ2v) is 4.28. The van der Waals surface area contributed by atoms with Crippen LogP contribution in [-0.2, 0) is 4.74 Å². The lowest BCUT2D eigenvalue weighted by atomic mass is 10.1. The van der Waals surface area contributed by atoms with Gasteiger partial charge in [-0.2, -0.15) is 11.8 Å². The minimum absolute atomic E-state index is 0.361. The second-order valence-electron chi connectivity index (χ2n) is 2.94. The van der Waals surface area contributed by atoms with Gasteiger partial charge in [-0.25, -0.2) is 0 Å². The molecule has 2 unspecified atom stereocenters. The lowest BCUT2D eigenvalue weighted by Gasteiger charge is -2.27. The Balaban J connectivity index is 2.18. The maximum Gasteiger partial charge on any atom is 0.0600 e. The third kappa shape index (κ3) is 3.01. The van der Waals surface area contributed by atoms with Gasteiger partial charge < -0.3 is 10.5 Å². The minimum Gasteiger partial charge on any atom is -0.380 e. The third-order valence-electron chi connectivity index (χ3n) is 1.89. The molecule has 2 atom stereocenters. The first-order valence-corrected chi connectivity index (χ1v) is 5.34. The van der Waals surface area contributed by atoms with Crippen LogP contribution in [0.25, 0.3) is 0 Å². The maximum absolute atomic E-state index is 5.92. The van der Waals surface area contributed by atoms with E-state index in [-0.39, 0.29) is 0 Å². The number of hydrogen-bond acceptors (Lipinski definition) is 3. The Morgan fingerprint density at radius 3 is 3.09 bits per heavy atom. The van der Waals surface area contributed by atoms with Gasteiger partial charge in [0.25, 0.3) is 0 Å². The maximum atomic E-state index is 5.92. The summed E-state index contributed by atoms with van der Waals surface area (Å²) in [5, 5.41) is 0.545. The Bertz CT molecular complexity index is 110. The molecule has 0 bridgehead atoms. The Kier molecular flexibility index (Phi) is 4.26. The highest BCUT2D eigenvalue weighted by atomic mass is 32.2. The van der Waals surface area contributed by atoms with E-state index in [1.165, 1.54) is 12.2 Å². The van der Waals surface area contributed by atoms with Crippen molar-refractivity contribution in [3.63, 3.8) is 0 Å². The third-order valence-corrected chi connectivity index (χ3v) is 3.45. The smallest absolute Gasteiger partial charge is 0.0600 e. The van der Waals surface area contributed by atoms with Gasteiger partial charge in [0.1, 0.15) is 0 Å². The number of hydrogen-bond donors (Lipinski definition) is 1. The molecule has 3 heteroatoms. The number of rotatable bonds is 3. The van der Waals surface area contributed by atoms with Crippen molar-refractivity contribution < 1.29 is 4.74 Å². The van der Waals surface area contributed by atoms with Crippen LogP contribution in [0.15, 0.2) is 0 Å². The van der Waals surface area contributed by atoms with E-state index >= 15 is 0 Å². The summed E-state index contributed by atoms with van der Waals surface area (Å²) in [6.45, 7) is 3.90. The van der Waals surface area contributed by atoms with Crippen molar-refractivity contribution in [1.29, 1.82) is 0 Å². The van der Waals surface area contributed by atoms with Gasteiger partial charge in [-0.3, -0.25) is 0 Å². The van der Waals surface area contributed by atoms with E-state index in [1.54, 1.807) is 0 Å². The predicted molar refractivity (Wildman–Crippen MR) is 49.9 cm³/mol. The van der Waals surface area contributed by atoms with Crippen LogP contribution in [0.2, 0.25) is 0 Å². The SMILES string of the molecule is CCCSC1COCCC1N. The molecule has 1 aliphatic rings.